The molecule has 0 radical (unpaired) electrons. The lowest BCUT2D eigenvalue weighted by molar-refractivity contribution is -0.201. The van der Waals surface area contributed by atoms with E-state index in [1.54, 1.807) is 0 Å². The maximum Gasteiger partial charge on any atom is 0.407 e. The molecule has 1 atom stereocenters. The number of esters is 1. The van der Waals surface area contributed by atoms with Crippen molar-refractivity contribution in [1.29, 1.82) is 0 Å². The van der Waals surface area contributed by atoms with Gasteiger partial charge in [0.05, 0.1) is 18.6 Å². The van der Waals surface area contributed by atoms with E-state index in [2.05, 4.69) is 5.32 Å². The predicted octanol–water partition coefficient (Wildman–Crippen LogP) is 1.46. The Kier molecular flexibility index (Phi) is 2.60. The van der Waals surface area contributed by atoms with E-state index >= 15 is 0 Å². The van der Waals surface area contributed by atoms with Crippen LogP contribution in [0.15, 0.2) is 0 Å². The molecule has 17 heavy (non-hydrogen) atoms. The molecule has 0 aromatic heterocycles. The normalized spacial score (nSPS) is 34.1. The third-order valence-electron chi connectivity index (χ3n) is 3.58. The molecule has 1 amide bonds. The summed E-state index contributed by atoms with van der Waals surface area (Å²) < 4.78 is 9.95. The van der Waals surface area contributed by atoms with Crippen molar-refractivity contribution >= 4 is 12.1 Å². The fraction of sp³-hybridized carbons (Fsp3) is 0.833. The van der Waals surface area contributed by atoms with Crippen LogP contribution in [0, 0.1) is 11.3 Å². The van der Waals surface area contributed by atoms with Crippen LogP contribution < -0.4 is 5.32 Å². The van der Waals surface area contributed by atoms with Crippen LogP contribution >= 0.6 is 0 Å². The average molecular weight is 241 g/mol. The molecule has 3 aliphatic carbocycles. The smallest absolute Gasteiger partial charge is 0.407 e. The van der Waals surface area contributed by atoms with Crippen LogP contribution in [0.25, 0.3) is 0 Å². The van der Waals surface area contributed by atoms with E-state index in [4.69, 9.17) is 9.47 Å². The summed E-state index contributed by atoms with van der Waals surface area (Å²) in [7, 11) is 1.38. The number of hydrogen-bond donors (Lipinski definition) is 1. The second-order valence-electron chi connectivity index (χ2n) is 5.94. The van der Waals surface area contributed by atoms with Crippen molar-refractivity contribution in [2.45, 2.75) is 45.3 Å². The summed E-state index contributed by atoms with van der Waals surface area (Å²) >= 11 is 0. The van der Waals surface area contributed by atoms with Gasteiger partial charge in [-0.15, -0.1) is 0 Å². The molecule has 3 aliphatic rings. The molecule has 5 nitrogen and oxygen atoms in total. The van der Waals surface area contributed by atoms with Crippen LogP contribution in [0.5, 0.6) is 0 Å². The molecule has 3 rings (SSSR count). The monoisotopic (exact) mass is 241 g/mol. The highest BCUT2D eigenvalue weighted by Gasteiger charge is 2.71. The molecule has 0 aliphatic heterocycles. The maximum absolute atomic E-state index is 11.6. The van der Waals surface area contributed by atoms with Crippen molar-refractivity contribution in [3.05, 3.63) is 0 Å². The molecule has 2 bridgehead atoms. The van der Waals surface area contributed by atoms with E-state index in [0.717, 1.165) is 12.8 Å². The van der Waals surface area contributed by atoms with E-state index in [1.807, 2.05) is 20.8 Å². The first kappa shape index (κ1) is 12.2. The van der Waals surface area contributed by atoms with Crippen LogP contribution in [0.1, 0.15) is 33.6 Å². The topological polar surface area (TPSA) is 64.6 Å². The molecule has 0 heterocycles. The molecule has 3 fully saturated rings. The van der Waals surface area contributed by atoms with E-state index < -0.39 is 17.1 Å². The molecule has 0 aromatic carbocycles. The SMILES string of the molecule is COC(=O)C12CC(C1)C2NC(=O)OC(C)(C)C. The maximum atomic E-state index is 11.6. The second-order valence-corrected chi connectivity index (χ2v) is 5.94. The molecular formula is C12H19NO4. The fourth-order valence-corrected chi connectivity index (χ4v) is 2.68. The Morgan fingerprint density at radius 2 is 1.88 bits per heavy atom. The van der Waals surface area contributed by atoms with Gasteiger partial charge in [-0.2, -0.15) is 0 Å². The third-order valence-corrected chi connectivity index (χ3v) is 3.58. The number of ether oxygens (including phenoxy) is 2. The highest BCUT2D eigenvalue weighted by Crippen LogP contribution is 2.64. The zero-order valence-electron chi connectivity index (χ0n) is 10.7. The van der Waals surface area contributed by atoms with Crippen LogP contribution in [-0.4, -0.2) is 30.8 Å². The van der Waals surface area contributed by atoms with Gasteiger partial charge in [-0.25, -0.2) is 4.79 Å². The van der Waals surface area contributed by atoms with Gasteiger partial charge < -0.3 is 14.8 Å². The van der Waals surface area contributed by atoms with Crippen LogP contribution in [-0.2, 0) is 14.3 Å². The summed E-state index contributed by atoms with van der Waals surface area (Å²) in [4.78, 5) is 23.2. The van der Waals surface area contributed by atoms with Crippen molar-refractivity contribution in [3.63, 3.8) is 0 Å². The van der Waals surface area contributed by atoms with Crippen molar-refractivity contribution in [2.24, 2.45) is 11.3 Å². The third kappa shape index (κ3) is 1.87. The number of hydrogen-bond acceptors (Lipinski definition) is 4. The lowest BCUT2D eigenvalue weighted by atomic mass is 9.40. The van der Waals surface area contributed by atoms with Gasteiger partial charge in [-0.1, -0.05) is 0 Å². The highest BCUT2D eigenvalue weighted by atomic mass is 16.6. The van der Waals surface area contributed by atoms with E-state index in [1.165, 1.54) is 7.11 Å². The van der Waals surface area contributed by atoms with Gasteiger partial charge in [-0.3, -0.25) is 4.79 Å². The number of alkyl carbamates (subject to hydrolysis) is 1. The number of methoxy groups -OCH3 is 1. The van der Waals surface area contributed by atoms with Gasteiger partial charge in [-0.05, 0) is 39.5 Å². The molecule has 1 N–H and O–H groups in total. The van der Waals surface area contributed by atoms with Crippen molar-refractivity contribution in [2.75, 3.05) is 7.11 Å². The van der Waals surface area contributed by atoms with Gasteiger partial charge in [0.2, 0.25) is 0 Å². The number of amides is 1. The molecule has 0 spiro atoms. The lowest BCUT2D eigenvalue weighted by Crippen LogP contribution is -2.75. The predicted molar refractivity (Wildman–Crippen MR) is 60.3 cm³/mol. The summed E-state index contributed by atoms with van der Waals surface area (Å²) in [5, 5.41) is 2.77. The summed E-state index contributed by atoms with van der Waals surface area (Å²) in [6.07, 6.45) is 1.18. The Balaban J connectivity index is 1.90. The van der Waals surface area contributed by atoms with E-state index in [9.17, 15) is 9.59 Å². The van der Waals surface area contributed by atoms with Gasteiger partial charge in [0.15, 0.2) is 0 Å². The first-order valence-corrected chi connectivity index (χ1v) is 5.86. The molecule has 5 heteroatoms. The molecule has 1 unspecified atom stereocenters. The number of nitrogens with one attached hydrogen (secondary N) is 1. The average Bonchev–Trinajstić information content (AvgIpc) is 2.09. The molecule has 0 saturated heterocycles. The highest BCUT2D eigenvalue weighted by molar-refractivity contribution is 5.83. The Morgan fingerprint density at radius 1 is 1.29 bits per heavy atom. The van der Waals surface area contributed by atoms with Gasteiger partial charge >= 0.3 is 12.1 Å². The molecule has 3 saturated carbocycles. The fourth-order valence-electron chi connectivity index (χ4n) is 2.68. The number of rotatable bonds is 2. The Labute approximate surface area is 101 Å². The summed E-state index contributed by atoms with van der Waals surface area (Å²) in [5.41, 5.74) is -0.993. The summed E-state index contributed by atoms with van der Waals surface area (Å²) in [5.74, 6) is 0.183. The second kappa shape index (κ2) is 3.62. The Bertz CT molecular complexity index is 352. The Morgan fingerprint density at radius 3 is 2.24 bits per heavy atom. The molecule has 96 valence electrons. The molecular weight excluding hydrogens is 222 g/mol. The van der Waals surface area contributed by atoms with Gasteiger partial charge in [0.1, 0.15) is 5.60 Å². The summed E-state index contributed by atoms with van der Waals surface area (Å²) in [6.45, 7) is 5.43. The lowest BCUT2D eigenvalue weighted by Gasteiger charge is -2.65. The minimum atomic E-state index is -0.517. The number of carbonyl (C=O) groups excluding carboxylic acids is 2. The van der Waals surface area contributed by atoms with Crippen LogP contribution in [0.3, 0.4) is 0 Å². The van der Waals surface area contributed by atoms with E-state index in [-0.39, 0.29) is 12.0 Å². The van der Waals surface area contributed by atoms with Crippen LogP contribution in [0.2, 0.25) is 0 Å². The van der Waals surface area contributed by atoms with Crippen molar-refractivity contribution in [1.82, 2.24) is 5.32 Å². The van der Waals surface area contributed by atoms with Gasteiger partial charge in [0, 0.05) is 0 Å². The zero-order chi connectivity index (χ0) is 12.8. The zero-order valence-corrected chi connectivity index (χ0v) is 10.7. The van der Waals surface area contributed by atoms with E-state index in [0.29, 0.717) is 5.92 Å². The first-order valence-electron chi connectivity index (χ1n) is 5.86. The summed E-state index contributed by atoms with van der Waals surface area (Å²) in [6, 6.07) is -0.107. The minimum Gasteiger partial charge on any atom is -0.469 e. The first-order chi connectivity index (χ1) is 7.78. The van der Waals surface area contributed by atoms with Crippen molar-refractivity contribution < 1.29 is 19.1 Å². The quantitative estimate of drug-likeness (QED) is 0.743. The van der Waals surface area contributed by atoms with Crippen molar-refractivity contribution in [3.8, 4) is 0 Å². The molecule has 0 aromatic rings. The number of carbonyl (C=O) groups is 2. The largest absolute Gasteiger partial charge is 0.469 e. The standard InChI is InChI=1S/C12H19NO4/c1-11(2,3)17-10(15)13-8-7-5-12(8,6-7)9(14)16-4/h7-8H,5-6H2,1-4H3,(H,13,15). The Hall–Kier alpha value is -1.26. The van der Waals surface area contributed by atoms with Crippen LogP contribution in [0.4, 0.5) is 4.79 Å². The van der Waals surface area contributed by atoms with Gasteiger partial charge in [0.25, 0.3) is 0 Å². The minimum absolute atomic E-state index is 0.107.